The maximum atomic E-state index is 13.2. The molecule has 0 unspecified atom stereocenters. The molecule has 1 amide bonds. The van der Waals surface area contributed by atoms with E-state index in [1.807, 2.05) is 62.4 Å². The number of aryl methyl sites for hydroxylation is 1. The van der Waals surface area contributed by atoms with Crippen molar-refractivity contribution in [1.29, 1.82) is 0 Å². The van der Waals surface area contributed by atoms with Crippen LogP contribution in [0.4, 0.5) is 0 Å². The number of aromatic nitrogens is 2. The van der Waals surface area contributed by atoms with Gasteiger partial charge in [0.05, 0.1) is 24.5 Å². The molecular weight excluding hydrogens is 504 g/mol. The lowest BCUT2D eigenvalue weighted by atomic mass is 10.0. The number of rotatable bonds is 7. The normalized spacial score (nSPS) is 11.2. The van der Waals surface area contributed by atoms with Crippen molar-refractivity contribution in [1.82, 2.24) is 15.0 Å². The summed E-state index contributed by atoms with van der Waals surface area (Å²) in [6, 6.07) is 15.3. The Labute approximate surface area is 202 Å². The van der Waals surface area contributed by atoms with Crippen molar-refractivity contribution < 1.29 is 9.53 Å². The highest BCUT2D eigenvalue weighted by Crippen LogP contribution is 2.35. The second kappa shape index (κ2) is 10.1. The van der Waals surface area contributed by atoms with Gasteiger partial charge in [-0.05, 0) is 37.6 Å². The molecule has 0 radical (unpaired) electrons. The minimum absolute atomic E-state index is 0.195. The lowest BCUT2D eigenvalue weighted by molar-refractivity contribution is -0.121. The van der Waals surface area contributed by atoms with E-state index < -0.39 is 5.91 Å². The average molecular weight is 525 g/mol. The van der Waals surface area contributed by atoms with Crippen molar-refractivity contribution in [2.75, 3.05) is 6.61 Å². The van der Waals surface area contributed by atoms with Gasteiger partial charge in [0.15, 0.2) is 0 Å². The van der Waals surface area contributed by atoms with E-state index in [0.29, 0.717) is 28.1 Å². The summed E-state index contributed by atoms with van der Waals surface area (Å²) in [6.07, 6.45) is 2.91. The number of carbonyl (C=O) groups excluding carboxylic acids is 1. The molecule has 0 aliphatic carbocycles. The van der Waals surface area contributed by atoms with Gasteiger partial charge in [-0.25, -0.2) is 10.4 Å². The van der Waals surface area contributed by atoms with Gasteiger partial charge in [0, 0.05) is 20.5 Å². The van der Waals surface area contributed by atoms with Crippen LogP contribution in [0, 0.1) is 6.92 Å². The first-order chi connectivity index (χ1) is 16.0. The molecular formula is C24H21BrN4O3S. The highest BCUT2D eigenvalue weighted by atomic mass is 79.9. The number of halogens is 1. The van der Waals surface area contributed by atoms with Gasteiger partial charge in [-0.15, -0.1) is 11.3 Å². The zero-order valence-corrected chi connectivity index (χ0v) is 20.4. The van der Waals surface area contributed by atoms with Crippen molar-refractivity contribution in [3.05, 3.63) is 80.1 Å². The quantitative estimate of drug-likeness (QED) is 0.279. The van der Waals surface area contributed by atoms with Crippen LogP contribution in [-0.4, -0.2) is 28.3 Å². The second-order valence-corrected chi connectivity index (χ2v) is 9.28. The maximum Gasteiger partial charge on any atom is 0.263 e. The highest BCUT2D eigenvalue weighted by molar-refractivity contribution is 9.10. The molecule has 33 heavy (non-hydrogen) atoms. The number of fused-ring (bicyclic) bond motifs is 1. The van der Waals surface area contributed by atoms with Crippen LogP contribution >= 0.6 is 27.3 Å². The molecule has 4 rings (SSSR count). The first-order valence-electron chi connectivity index (χ1n) is 10.3. The summed E-state index contributed by atoms with van der Waals surface area (Å²) in [5.74, 6) is 0.224. The Bertz CT molecular complexity index is 1400. The third-order valence-corrected chi connectivity index (χ3v) is 6.40. The van der Waals surface area contributed by atoms with Crippen molar-refractivity contribution in [3.63, 3.8) is 0 Å². The van der Waals surface area contributed by atoms with Gasteiger partial charge in [0.25, 0.3) is 11.5 Å². The summed E-state index contributed by atoms with van der Waals surface area (Å²) in [5.41, 5.74) is 4.74. The third kappa shape index (κ3) is 5.04. The van der Waals surface area contributed by atoms with Crippen LogP contribution in [0.5, 0.6) is 5.75 Å². The Morgan fingerprint density at radius 3 is 2.82 bits per heavy atom. The van der Waals surface area contributed by atoms with Gasteiger partial charge < -0.3 is 4.74 Å². The number of nitrogens with one attached hydrogen (secondary N) is 1. The van der Waals surface area contributed by atoms with Gasteiger partial charge in [-0.3, -0.25) is 14.2 Å². The Balaban J connectivity index is 1.56. The lowest BCUT2D eigenvalue weighted by Gasteiger charge is -2.07. The van der Waals surface area contributed by atoms with E-state index in [4.69, 9.17) is 4.74 Å². The van der Waals surface area contributed by atoms with E-state index in [0.717, 1.165) is 20.5 Å². The molecule has 0 spiro atoms. The van der Waals surface area contributed by atoms with Gasteiger partial charge in [-0.2, -0.15) is 5.10 Å². The maximum absolute atomic E-state index is 13.2. The monoisotopic (exact) mass is 524 g/mol. The average Bonchev–Trinajstić information content (AvgIpc) is 3.15. The first-order valence-corrected chi connectivity index (χ1v) is 11.9. The number of thiophene rings is 1. The van der Waals surface area contributed by atoms with Gasteiger partial charge >= 0.3 is 0 Å². The molecule has 2 aromatic heterocycles. The zero-order valence-electron chi connectivity index (χ0n) is 18.0. The molecule has 0 aliphatic rings. The fourth-order valence-corrected chi connectivity index (χ4v) is 4.86. The summed E-state index contributed by atoms with van der Waals surface area (Å²) in [6.45, 7) is 4.18. The SMILES string of the molecule is CCOc1ccc(Br)cc1/C=N\NC(=O)Cn1cnc2sc(C)c(-c3ccccc3)c2c1=O. The molecule has 0 aliphatic heterocycles. The van der Waals surface area contributed by atoms with E-state index in [9.17, 15) is 9.59 Å². The molecule has 0 fully saturated rings. The van der Waals surface area contributed by atoms with Crippen LogP contribution in [0.2, 0.25) is 0 Å². The zero-order chi connectivity index (χ0) is 23.4. The van der Waals surface area contributed by atoms with E-state index in [1.54, 1.807) is 0 Å². The van der Waals surface area contributed by atoms with Gasteiger partial charge in [0.1, 0.15) is 17.1 Å². The third-order valence-electron chi connectivity index (χ3n) is 4.90. The number of hydrazone groups is 1. The van der Waals surface area contributed by atoms with E-state index in [1.165, 1.54) is 28.4 Å². The summed E-state index contributed by atoms with van der Waals surface area (Å²) >= 11 is 4.88. The Kier molecular flexibility index (Phi) is 7.00. The van der Waals surface area contributed by atoms with Crippen LogP contribution in [0.25, 0.3) is 21.3 Å². The second-order valence-electron chi connectivity index (χ2n) is 7.17. The molecule has 4 aromatic rings. The predicted octanol–water partition coefficient (Wildman–Crippen LogP) is 4.74. The summed E-state index contributed by atoms with van der Waals surface area (Å²) in [4.78, 5) is 31.8. The largest absolute Gasteiger partial charge is 0.493 e. The van der Waals surface area contributed by atoms with Crippen molar-refractivity contribution in [2.45, 2.75) is 20.4 Å². The molecule has 0 saturated heterocycles. The molecule has 0 bridgehead atoms. The highest BCUT2D eigenvalue weighted by Gasteiger charge is 2.17. The van der Waals surface area contributed by atoms with Crippen LogP contribution < -0.4 is 15.7 Å². The Morgan fingerprint density at radius 2 is 2.06 bits per heavy atom. The number of carbonyl (C=O) groups is 1. The number of nitrogens with zero attached hydrogens (tertiary/aromatic N) is 3. The summed E-state index contributed by atoms with van der Waals surface area (Å²) < 4.78 is 7.74. The van der Waals surface area contributed by atoms with Crippen molar-refractivity contribution >= 4 is 49.6 Å². The van der Waals surface area contributed by atoms with Crippen molar-refractivity contribution in [2.24, 2.45) is 5.10 Å². The van der Waals surface area contributed by atoms with Gasteiger partial charge in [-0.1, -0.05) is 46.3 Å². The number of hydrogen-bond acceptors (Lipinski definition) is 6. The minimum atomic E-state index is -0.435. The van der Waals surface area contributed by atoms with Crippen LogP contribution in [0.3, 0.4) is 0 Å². The van der Waals surface area contributed by atoms with E-state index in [2.05, 4.69) is 31.4 Å². The molecule has 9 heteroatoms. The van der Waals surface area contributed by atoms with Crippen LogP contribution in [-0.2, 0) is 11.3 Å². The smallest absolute Gasteiger partial charge is 0.263 e. The first kappa shape index (κ1) is 22.9. The van der Waals surface area contributed by atoms with Crippen molar-refractivity contribution in [3.8, 4) is 16.9 Å². The van der Waals surface area contributed by atoms with Crippen LogP contribution in [0.15, 0.2) is 69.2 Å². The number of ether oxygens (including phenoxy) is 1. The minimum Gasteiger partial charge on any atom is -0.493 e. The fourth-order valence-electron chi connectivity index (χ4n) is 3.47. The van der Waals surface area contributed by atoms with Gasteiger partial charge in [0.2, 0.25) is 0 Å². The topological polar surface area (TPSA) is 85.6 Å². The standard InChI is InChI=1S/C24H21BrN4O3S/c1-3-32-19-10-9-18(25)11-17(19)12-27-28-20(30)13-29-14-26-23-22(24(29)31)21(15(2)33-23)16-7-5-4-6-8-16/h4-12,14H,3,13H2,1-2H3,(H,28,30)/b27-12-. The number of hydrogen-bond donors (Lipinski definition) is 1. The Morgan fingerprint density at radius 1 is 1.27 bits per heavy atom. The number of amides is 1. The van der Waals surface area contributed by atoms with Crippen LogP contribution in [0.1, 0.15) is 17.4 Å². The molecule has 1 N–H and O–H groups in total. The van der Waals surface area contributed by atoms with E-state index in [-0.39, 0.29) is 12.1 Å². The fraction of sp³-hybridized carbons (Fsp3) is 0.167. The Hall–Kier alpha value is -3.30. The molecule has 7 nitrogen and oxygen atoms in total. The molecule has 168 valence electrons. The summed E-state index contributed by atoms with van der Waals surface area (Å²) in [7, 11) is 0. The lowest BCUT2D eigenvalue weighted by Crippen LogP contribution is -2.30. The molecule has 0 saturated carbocycles. The molecule has 0 atom stereocenters. The molecule has 2 heterocycles. The number of benzene rings is 2. The van der Waals surface area contributed by atoms with E-state index >= 15 is 0 Å². The predicted molar refractivity (Wildman–Crippen MR) is 135 cm³/mol. The molecule has 2 aromatic carbocycles. The summed E-state index contributed by atoms with van der Waals surface area (Å²) in [5, 5.41) is 4.55.